The molecule has 0 aromatic rings. The van der Waals surface area contributed by atoms with Gasteiger partial charge in [0.25, 0.3) is 0 Å². The summed E-state index contributed by atoms with van der Waals surface area (Å²) >= 11 is 0. The lowest BCUT2D eigenvalue weighted by Gasteiger charge is -1.95. The van der Waals surface area contributed by atoms with Gasteiger partial charge in [0.15, 0.2) is 0 Å². The summed E-state index contributed by atoms with van der Waals surface area (Å²) in [7, 11) is 0. The maximum absolute atomic E-state index is 2.42. The van der Waals surface area contributed by atoms with Gasteiger partial charge >= 0.3 is 0 Å². The second-order valence-electron chi connectivity index (χ2n) is 2.57. The predicted molar refractivity (Wildman–Crippen MR) is 43.4 cm³/mol. The van der Waals surface area contributed by atoms with Crippen LogP contribution in [-0.2, 0) is 0 Å². The van der Waals surface area contributed by atoms with Gasteiger partial charge in [-0.05, 0) is 6.42 Å². The lowest BCUT2D eigenvalue weighted by Crippen LogP contribution is -1.77. The molecule has 0 heteroatoms. The van der Waals surface area contributed by atoms with E-state index >= 15 is 0 Å². The van der Waals surface area contributed by atoms with Gasteiger partial charge in [-0.15, -0.1) is 0 Å². The van der Waals surface area contributed by atoms with E-state index < -0.39 is 0 Å². The van der Waals surface area contributed by atoms with Gasteiger partial charge in [-0.1, -0.05) is 52.4 Å². The highest BCUT2D eigenvalue weighted by atomic mass is 13.9. The summed E-state index contributed by atoms with van der Waals surface area (Å²) in [5, 5.41) is 0. The first-order valence-electron chi connectivity index (χ1n) is 4.23. The topological polar surface area (TPSA) is 0 Å². The monoisotopic (exact) mass is 127 g/mol. The molecule has 0 aliphatic heterocycles. The van der Waals surface area contributed by atoms with E-state index in [-0.39, 0.29) is 0 Å². The zero-order valence-electron chi connectivity index (χ0n) is 6.82. The van der Waals surface area contributed by atoms with Crippen LogP contribution in [0, 0.1) is 6.42 Å². The minimum atomic E-state index is 1.33. The fourth-order valence-corrected chi connectivity index (χ4v) is 0.841. The van der Waals surface area contributed by atoms with Crippen molar-refractivity contribution in [2.75, 3.05) is 0 Å². The fourth-order valence-electron chi connectivity index (χ4n) is 0.841. The summed E-state index contributed by atoms with van der Waals surface area (Å²) < 4.78 is 0. The maximum Gasteiger partial charge on any atom is -0.0386 e. The first-order valence-corrected chi connectivity index (χ1v) is 4.23. The fraction of sp³-hybridized carbons (Fsp3) is 0.889. The van der Waals surface area contributed by atoms with Crippen molar-refractivity contribution in [1.29, 1.82) is 0 Å². The van der Waals surface area contributed by atoms with E-state index in [2.05, 4.69) is 20.3 Å². The van der Waals surface area contributed by atoms with Crippen LogP contribution in [0.3, 0.4) is 0 Å². The molecule has 0 bridgehead atoms. The van der Waals surface area contributed by atoms with Crippen molar-refractivity contribution in [2.45, 2.75) is 52.4 Å². The van der Waals surface area contributed by atoms with Crippen LogP contribution in [0.15, 0.2) is 0 Å². The van der Waals surface area contributed by atoms with Crippen LogP contribution in [-0.4, -0.2) is 0 Å². The van der Waals surface area contributed by atoms with Gasteiger partial charge < -0.3 is 0 Å². The molecule has 0 aliphatic carbocycles. The van der Waals surface area contributed by atoms with E-state index in [0.29, 0.717) is 0 Å². The van der Waals surface area contributed by atoms with Crippen molar-refractivity contribution >= 4 is 0 Å². The molecule has 0 heterocycles. The molecular formula is C9H19. The van der Waals surface area contributed by atoms with Crippen molar-refractivity contribution in [3.63, 3.8) is 0 Å². The molecule has 0 aromatic heterocycles. The third kappa shape index (κ3) is 8.00. The largest absolute Gasteiger partial charge is 0.0654 e. The zero-order valence-corrected chi connectivity index (χ0v) is 6.82. The van der Waals surface area contributed by atoms with E-state index in [1.807, 2.05) is 0 Å². The number of hydrogen-bond donors (Lipinski definition) is 0. The SMILES string of the molecule is CCCC[CH]CCCC. The summed E-state index contributed by atoms with van der Waals surface area (Å²) in [6.07, 6.45) is 10.5. The summed E-state index contributed by atoms with van der Waals surface area (Å²) in [5.74, 6) is 0. The third-order valence-corrected chi connectivity index (χ3v) is 1.52. The summed E-state index contributed by atoms with van der Waals surface area (Å²) in [6.45, 7) is 4.49. The standard InChI is InChI=1S/C9H19/c1-3-5-7-9-8-6-4-2/h9H,3-8H2,1-2H3. The van der Waals surface area contributed by atoms with Gasteiger partial charge in [-0.3, -0.25) is 0 Å². The van der Waals surface area contributed by atoms with Gasteiger partial charge in [0.1, 0.15) is 0 Å². The Kier molecular flexibility index (Phi) is 8.00. The van der Waals surface area contributed by atoms with Crippen molar-refractivity contribution in [1.82, 2.24) is 0 Å². The Labute approximate surface area is 59.7 Å². The molecule has 0 saturated carbocycles. The highest BCUT2D eigenvalue weighted by molar-refractivity contribution is 4.62. The predicted octanol–water partition coefficient (Wildman–Crippen LogP) is 3.57. The lowest BCUT2D eigenvalue weighted by atomic mass is 10.1. The van der Waals surface area contributed by atoms with Gasteiger partial charge in [-0.25, -0.2) is 0 Å². The quantitative estimate of drug-likeness (QED) is 0.478. The molecule has 0 aliphatic rings. The molecule has 0 fully saturated rings. The Morgan fingerprint density at radius 3 is 1.67 bits per heavy atom. The molecular weight excluding hydrogens is 108 g/mol. The van der Waals surface area contributed by atoms with E-state index in [4.69, 9.17) is 0 Å². The zero-order chi connectivity index (χ0) is 6.95. The van der Waals surface area contributed by atoms with Crippen LogP contribution < -0.4 is 0 Å². The maximum atomic E-state index is 2.42. The third-order valence-electron chi connectivity index (χ3n) is 1.52. The minimum absolute atomic E-state index is 1.33. The first kappa shape index (κ1) is 9.00. The molecule has 0 nitrogen and oxygen atoms in total. The lowest BCUT2D eigenvalue weighted by molar-refractivity contribution is 0.707. The van der Waals surface area contributed by atoms with Crippen molar-refractivity contribution in [3.8, 4) is 0 Å². The Morgan fingerprint density at radius 2 is 1.33 bits per heavy atom. The second kappa shape index (κ2) is 8.00. The summed E-state index contributed by atoms with van der Waals surface area (Å²) in [6, 6.07) is 0. The average Bonchev–Trinajstić information content (AvgIpc) is 1.89. The molecule has 0 N–H and O–H groups in total. The van der Waals surface area contributed by atoms with Crippen molar-refractivity contribution in [3.05, 3.63) is 6.42 Å². The van der Waals surface area contributed by atoms with Crippen molar-refractivity contribution in [2.24, 2.45) is 0 Å². The van der Waals surface area contributed by atoms with Gasteiger partial charge in [0.05, 0.1) is 0 Å². The van der Waals surface area contributed by atoms with Crippen LogP contribution in [0.5, 0.6) is 0 Å². The molecule has 1 radical (unpaired) electrons. The van der Waals surface area contributed by atoms with Gasteiger partial charge in [-0.2, -0.15) is 0 Å². The molecule has 0 amide bonds. The molecule has 0 aromatic carbocycles. The van der Waals surface area contributed by atoms with Crippen LogP contribution >= 0.6 is 0 Å². The minimum Gasteiger partial charge on any atom is -0.0654 e. The molecule has 0 saturated heterocycles. The van der Waals surface area contributed by atoms with Crippen LogP contribution in [0.2, 0.25) is 0 Å². The second-order valence-corrected chi connectivity index (χ2v) is 2.57. The van der Waals surface area contributed by atoms with Gasteiger partial charge in [0, 0.05) is 0 Å². The molecule has 9 heavy (non-hydrogen) atoms. The number of unbranched alkanes of at least 4 members (excludes halogenated alkanes) is 6. The Hall–Kier alpha value is 0. The Morgan fingerprint density at radius 1 is 0.889 bits per heavy atom. The molecule has 0 spiro atoms. The normalized spacial score (nSPS) is 10.0. The van der Waals surface area contributed by atoms with E-state index in [1.54, 1.807) is 0 Å². The van der Waals surface area contributed by atoms with Crippen LogP contribution in [0.25, 0.3) is 0 Å². The van der Waals surface area contributed by atoms with Crippen molar-refractivity contribution < 1.29 is 0 Å². The van der Waals surface area contributed by atoms with E-state index in [0.717, 1.165) is 0 Å². The number of rotatable bonds is 6. The van der Waals surface area contributed by atoms with Gasteiger partial charge in [0.2, 0.25) is 0 Å². The smallest absolute Gasteiger partial charge is 0.0386 e. The van der Waals surface area contributed by atoms with E-state index in [1.165, 1.54) is 38.5 Å². The highest BCUT2D eigenvalue weighted by Gasteiger charge is 1.86. The van der Waals surface area contributed by atoms with E-state index in [9.17, 15) is 0 Å². The Balaban J connectivity index is 2.60. The first-order chi connectivity index (χ1) is 4.41. The van der Waals surface area contributed by atoms with Crippen LogP contribution in [0.1, 0.15) is 52.4 Å². The highest BCUT2D eigenvalue weighted by Crippen LogP contribution is 2.04. The molecule has 0 atom stereocenters. The molecule has 55 valence electrons. The average molecular weight is 127 g/mol. The summed E-state index contributed by atoms with van der Waals surface area (Å²) in [5.41, 5.74) is 0. The van der Waals surface area contributed by atoms with Crippen LogP contribution in [0.4, 0.5) is 0 Å². The number of hydrogen-bond acceptors (Lipinski definition) is 0. The molecule has 0 rings (SSSR count). The summed E-state index contributed by atoms with van der Waals surface area (Å²) in [4.78, 5) is 0. The Bertz CT molecular complexity index is 33.3. The molecule has 0 unspecified atom stereocenters.